The van der Waals surface area contributed by atoms with Crippen LogP contribution in [-0.4, -0.2) is 29.6 Å². The number of hydrogen-bond acceptors (Lipinski definition) is 2. The molecule has 0 aromatic heterocycles. The molecule has 0 aromatic rings. The van der Waals surface area contributed by atoms with Crippen LogP contribution in [0.15, 0.2) is 0 Å². The van der Waals surface area contributed by atoms with Crippen molar-refractivity contribution in [2.45, 2.75) is 30.7 Å². The molecule has 0 radical (unpaired) electrons. The highest BCUT2D eigenvalue weighted by Gasteiger charge is 2.43. The Balaban J connectivity index is 2.10. The third kappa shape index (κ3) is 0.817. The molecule has 0 aromatic carbocycles. The molecule has 2 aliphatic rings. The van der Waals surface area contributed by atoms with E-state index in [0.29, 0.717) is 0 Å². The van der Waals surface area contributed by atoms with Gasteiger partial charge in [0.15, 0.2) is 0 Å². The average Bonchev–Trinajstić information content (AvgIpc) is 2.46. The normalized spacial score (nSPS) is 46.8. The number of nitrogens with zero attached hydrogens (tertiary/aromatic N) is 1. The summed E-state index contributed by atoms with van der Waals surface area (Å²) in [5.74, 6) is 1.02. The molecular weight excluding hydrogens is 142 g/mol. The van der Waals surface area contributed by atoms with E-state index < -0.39 is 0 Å². The minimum atomic E-state index is 0.846. The van der Waals surface area contributed by atoms with Crippen molar-refractivity contribution in [2.75, 3.05) is 13.3 Å². The Bertz CT molecular complexity index is 135. The molecule has 1 aliphatic carbocycles. The molecule has 2 bridgehead atoms. The summed E-state index contributed by atoms with van der Waals surface area (Å²) in [5.41, 5.74) is 0. The molecule has 1 saturated carbocycles. The van der Waals surface area contributed by atoms with E-state index in [4.69, 9.17) is 0 Å². The van der Waals surface area contributed by atoms with Crippen molar-refractivity contribution in [2.24, 2.45) is 5.92 Å². The quantitative estimate of drug-likeness (QED) is 0.571. The van der Waals surface area contributed by atoms with Gasteiger partial charge in [-0.2, -0.15) is 0 Å². The van der Waals surface area contributed by atoms with Gasteiger partial charge in [0.2, 0.25) is 0 Å². The van der Waals surface area contributed by atoms with Crippen LogP contribution in [0.2, 0.25) is 0 Å². The highest BCUT2D eigenvalue weighted by molar-refractivity contribution is 7.99. The number of fused-ring (bicyclic) bond motifs is 2. The summed E-state index contributed by atoms with van der Waals surface area (Å²) >= 11 is 2.03. The fourth-order valence-electron chi connectivity index (χ4n) is 2.52. The fraction of sp³-hybridized carbons (Fsp3) is 1.00. The van der Waals surface area contributed by atoms with E-state index in [1.54, 1.807) is 0 Å². The number of thioether (sulfide) groups is 1. The number of hydrogen-bond donors (Lipinski definition) is 0. The molecule has 0 amide bonds. The highest BCUT2D eigenvalue weighted by atomic mass is 32.2. The zero-order valence-corrected chi connectivity index (χ0v) is 7.53. The van der Waals surface area contributed by atoms with Crippen molar-refractivity contribution in [1.82, 2.24) is 4.90 Å². The van der Waals surface area contributed by atoms with Crippen molar-refractivity contribution < 1.29 is 0 Å². The third-order valence-electron chi connectivity index (χ3n) is 3.07. The summed E-state index contributed by atoms with van der Waals surface area (Å²) in [6.07, 6.45) is 6.66. The summed E-state index contributed by atoms with van der Waals surface area (Å²) in [6.45, 7) is 0. The van der Waals surface area contributed by atoms with Gasteiger partial charge in [-0.1, -0.05) is 0 Å². The Labute approximate surface area is 67.2 Å². The largest absolute Gasteiger partial charge is 0.291 e. The average molecular weight is 157 g/mol. The maximum atomic E-state index is 2.57. The van der Waals surface area contributed by atoms with E-state index >= 15 is 0 Å². The zero-order chi connectivity index (χ0) is 7.14. The second-order valence-corrected chi connectivity index (χ2v) is 4.47. The predicted octanol–water partition coefficient (Wildman–Crippen LogP) is 1.79. The number of likely N-dealkylation sites (tertiary alicyclic amines) is 1. The summed E-state index contributed by atoms with van der Waals surface area (Å²) in [7, 11) is 2.28. The van der Waals surface area contributed by atoms with Crippen LogP contribution in [0, 0.1) is 5.92 Å². The van der Waals surface area contributed by atoms with Crippen LogP contribution in [0.3, 0.4) is 0 Å². The molecule has 1 heterocycles. The first kappa shape index (κ1) is 6.99. The van der Waals surface area contributed by atoms with Gasteiger partial charge in [0.1, 0.15) is 0 Å². The van der Waals surface area contributed by atoms with Crippen LogP contribution in [0.4, 0.5) is 0 Å². The van der Waals surface area contributed by atoms with E-state index in [2.05, 4.69) is 18.2 Å². The molecule has 2 heteroatoms. The Kier molecular flexibility index (Phi) is 1.69. The van der Waals surface area contributed by atoms with E-state index in [-0.39, 0.29) is 0 Å². The lowest BCUT2D eigenvalue weighted by molar-refractivity contribution is 0.238. The summed E-state index contributed by atoms with van der Waals surface area (Å²) in [5, 5.41) is 0.846. The first-order valence-electron chi connectivity index (χ1n) is 4.07. The molecule has 10 heavy (non-hydrogen) atoms. The SMILES string of the molecule is CSC1C2CCC(C2)N1C. The van der Waals surface area contributed by atoms with Crippen molar-refractivity contribution in [1.29, 1.82) is 0 Å². The highest BCUT2D eigenvalue weighted by Crippen LogP contribution is 2.44. The lowest BCUT2D eigenvalue weighted by Gasteiger charge is -2.30. The van der Waals surface area contributed by atoms with Crippen LogP contribution < -0.4 is 0 Å². The maximum Gasteiger partial charge on any atom is 0.0583 e. The fourth-order valence-corrected chi connectivity index (χ4v) is 3.66. The topological polar surface area (TPSA) is 3.24 Å². The Morgan fingerprint density at radius 2 is 2.20 bits per heavy atom. The van der Waals surface area contributed by atoms with Crippen molar-refractivity contribution in [3.05, 3.63) is 0 Å². The third-order valence-corrected chi connectivity index (χ3v) is 4.27. The van der Waals surface area contributed by atoms with E-state index in [1.807, 2.05) is 11.8 Å². The first-order valence-corrected chi connectivity index (χ1v) is 5.36. The minimum Gasteiger partial charge on any atom is -0.291 e. The standard InChI is InChI=1S/C8H15NS/c1-9-7-4-3-6(5-7)8(9)10-2/h6-8H,3-5H2,1-2H3. The Morgan fingerprint density at radius 3 is 2.60 bits per heavy atom. The Morgan fingerprint density at radius 1 is 1.40 bits per heavy atom. The van der Waals surface area contributed by atoms with Gasteiger partial charge in [-0.3, -0.25) is 4.90 Å². The molecule has 3 unspecified atom stereocenters. The second kappa shape index (κ2) is 2.42. The second-order valence-electron chi connectivity index (χ2n) is 3.52. The van der Waals surface area contributed by atoms with Crippen LogP contribution in [0.25, 0.3) is 0 Å². The van der Waals surface area contributed by atoms with Crippen LogP contribution in [-0.2, 0) is 0 Å². The smallest absolute Gasteiger partial charge is 0.0583 e. The molecular formula is C8H15NS. The molecule has 1 aliphatic heterocycles. The number of piperidine rings is 1. The van der Waals surface area contributed by atoms with Crippen LogP contribution in [0.1, 0.15) is 19.3 Å². The van der Waals surface area contributed by atoms with Crippen molar-refractivity contribution in [3.63, 3.8) is 0 Å². The monoisotopic (exact) mass is 157 g/mol. The zero-order valence-electron chi connectivity index (χ0n) is 6.71. The van der Waals surface area contributed by atoms with Gasteiger partial charge in [0.25, 0.3) is 0 Å². The van der Waals surface area contributed by atoms with Crippen LogP contribution >= 0.6 is 11.8 Å². The lowest BCUT2D eigenvalue weighted by atomic mass is 10.1. The molecule has 0 spiro atoms. The summed E-state index contributed by atoms with van der Waals surface area (Å²) in [4.78, 5) is 2.57. The van der Waals surface area contributed by atoms with E-state index in [9.17, 15) is 0 Å². The number of rotatable bonds is 1. The van der Waals surface area contributed by atoms with E-state index in [1.165, 1.54) is 19.3 Å². The molecule has 1 saturated heterocycles. The van der Waals surface area contributed by atoms with Gasteiger partial charge < -0.3 is 0 Å². The lowest BCUT2D eigenvalue weighted by Crippen LogP contribution is -2.34. The molecule has 2 fully saturated rings. The van der Waals surface area contributed by atoms with Gasteiger partial charge in [-0.15, -0.1) is 11.8 Å². The predicted molar refractivity (Wildman–Crippen MR) is 46.2 cm³/mol. The summed E-state index contributed by atoms with van der Waals surface area (Å²) < 4.78 is 0. The first-order chi connectivity index (χ1) is 4.83. The van der Waals surface area contributed by atoms with Gasteiger partial charge in [0, 0.05) is 6.04 Å². The molecule has 0 N–H and O–H groups in total. The van der Waals surface area contributed by atoms with Gasteiger partial charge in [0.05, 0.1) is 5.37 Å². The summed E-state index contributed by atoms with van der Waals surface area (Å²) in [6, 6.07) is 0.933. The molecule has 3 atom stereocenters. The van der Waals surface area contributed by atoms with Gasteiger partial charge in [-0.25, -0.2) is 0 Å². The molecule has 1 nitrogen and oxygen atoms in total. The maximum absolute atomic E-state index is 2.57. The van der Waals surface area contributed by atoms with Crippen molar-refractivity contribution >= 4 is 11.8 Å². The van der Waals surface area contributed by atoms with Gasteiger partial charge >= 0.3 is 0 Å². The van der Waals surface area contributed by atoms with E-state index in [0.717, 1.165) is 17.3 Å². The minimum absolute atomic E-state index is 0.846. The Hall–Kier alpha value is 0.310. The van der Waals surface area contributed by atoms with Crippen molar-refractivity contribution in [3.8, 4) is 0 Å². The molecule has 2 rings (SSSR count). The van der Waals surface area contributed by atoms with Crippen LogP contribution in [0.5, 0.6) is 0 Å². The molecule has 58 valence electrons. The van der Waals surface area contributed by atoms with Gasteiger partial charge in [-0.05, 0) is 38.5 Å².